The van der Waals surface area contributed by atoms with Crippen LogP contribution in [0.25, 0.3) is 10.9 Å². The molecule has 3 aromatic rings. The smallest absolute Gasteiger partial charge is 0.337 e. The highest BCUT2D eigenvalue weighted by Crippen LogP contribution is 2.14. The normalized spacial score (nSPS) is 13.9. The number of amides is 1. The van der Waals surface area contributed by atoms with Gasteiger partial charge in [-0.3, -0.25) is 14.2 Å². The average Bonchev–Trinajstić information content (AvgIpc) is 2.83. The number of pyridine rings is 1. The first-order chi connectivity index (χ1) is 15.5. The van der Waals surface area contributed by atoms with Gasteiger partial charge in [-0.25, -0.2) is 9.78 Å². The Morgan fingerprint density at radius 3 is 2.62 bits per heavy atom. The maximum Gasteiger partial charge on any atom is 0.337 e. The predicted octanol–water partition coefficient (Wildman–Crippen LogP) is 1.98. The summed E-state index contributed by atoms with van der Waals surface area (Å²) in [5.41, 5.74) is 0.479. The van der Waals surface area contributed by atoms with Crippen molar-refractivity contribution in [2.24, 2.45) is 0 Å². The largest absolute Gasteiger partial charge is 0.465 e. The highest BCUT2D eigenvalue weighted by molar-refractivity contribution is 7.71. The minimum atomic E-state index is -0.496. The minimum Gasteiger partial charge on any atom is -0.465 e. The zero-order valence-electron chi connectivity index (χ0n) is 17.6. The molecule has 0 atom stereocenters. The molecule has 0 bridgehead atoms. The molecule has 0 radical (unpaired) electrons. The van der Waals surface area contributed by atoms with E-state index in [1.807, 2.05) is 18.2 Å². The number of nitrogens with one attached hydrogen (secondary N) is 1. The standard InChI is InChI=1S/C22H23N5O4S/c1-31-21(30)15-5-6-16-17(14-15)24-22(32)27(20(16)29)9-7-19(28)26-12-10-25(11-13-26)18-4-2-3-8-23-18/h2-6,8,14H,7,9-13H2,1H3,(H,24,32). The van der Waals surface area contributed by atoms with E-state index < -0.39 is 5.97 Å². The summed E-state index contributed by atoms with van der Waals surface area (Å²) in [5, 5.41) is 0.391. The Balaban J connectivity index is 1.43. The molecule has 3 heterocycles. The average molecular weight is 454 g/mol. The SMILES string of the molecule is COC(=O)c1ccc2c(=O)n(CCC(=O)N3CCN(c4ccccn4)CC3)c(=S)[nH]c2c1. The minimum absolute atomic E-state index is 0.0203. The number of anilines is 1. The number of ether oxygens (including phenoxy) is 1. The lowest BCUT2D eigenvalue weighted by Gasteiger charge is -2.35. The van der Waals surface area contributed by atoms with Gasteiger partial charge in [-0.15, -0.1) is 0 Å². The van der Waals surface area contributed by atoms with Crippen molar-refractivity contribution in [3.8, 4) is 0 Å². The van der Waals surface area contributed by atoms with E-state index in [1.54, 1.807) is 17.2 Å². The summed E-state index contributed by atoms with van der Waals surface area (Å²) in [6.07, 6.45) is 1.93. The summed E-state index contributed by atoms with van der Waals surface area (Å²) in [4.78, 5) is 48.7. The Morgan fingerprint density at radius 1 is 1.16 bits per heavy atom. The van der Waals surface area contributed by atoms with Crippen LogP contribution in [0.4, 0.5) is 5.82 Å². The molecule has 1 aromatic carbocycles. The molecule has 0 unspecified atom stereocenters. The fourth-order valence-electron chi connectivity index (χ4n) is 3.79. The molecule has 4 rings (SSSR count). The first-order valence-electron chi connectivity index (χ1n) is 10.3. The molecule has 32 heavy (non-hydrogen) atoms. The van der Waals surface area contributed by atoms with E-state index in [2.05, 4.69) is 14.9 Å². The summed E-state index contributed by atoms with van der Waals surface area (Å²) in [6.45, 7) is 2.81. The third-order valence-electron chi connectivity index (χ3n) is 5.56. The van der Waals surface area contributed by atoms with Crippen molar-refractivity contribution in [3.05, 3.63) is 63.3 Å². The molecule has 0 saturated carbocycles. The maximum absolute atomic E-state index is 12.9. The number of hydrogen-bond acceptors (Lipinski definition) is 7. The Bertz CT molecular complexity index is 1260. The second-order valence-corrected chi connectivity index (χ2v) is 7.83. The van der Waals surface area contributed by atoms with E-state index in [4.69, 9.17) is 17.0 Å². The van der Waals surface area contributed by atoms with E-state index in [1.165, 1.54) is 23.8 Å². The van der Waals surface area contributed by atoms with E-state index in [9.17, 15) is 14.4 Å². The zero-order valence-corrected chi connectivity index (χ0v) is 18.4. The highest BCUT2D eigenvalue weighted by atomic mass is 32.1. The molecule has 1 amide bonds. The van der Waals surface area contributed by atoms with Crippen LogP contribution < -0.4 is 10.5 Å². The van der Waals surface area contributed by atoms with Gasteiger partial charge in [-0.1, -0.05) is 6.07 Å². The summed E-state index contributed by atoms with van der Waals surface area (Å²) in [6, 6.07) is 10.4. The second-order valence-electron chi connectivity index (χ2n) is 7.44. The summed E-state index contributed by atoms with van der Waals surface area (Å²) in [5.74, 6) is 0.390. The van der Waals surface area contributed by atoms with Crippen LogP contribution >= 0.6 is 12.2 Å². The van der Waals surface area contributed by atoms with Crippen molar-refractivity contribution < 1.29 is 14.3 Å². The van der Waals surface area contributed by atoms with Crippen LogP contribution in [-0.4, -0.2) is 64.6 Å². The molecule has 10 heteroatoms. The third-order valence-corrected chi connectivity index (χ3v) is 5.88. The molecule has 166 valence electrons. The van der Waals surface area contributed by atoms with E-state index in [-0.39, 0.29) is 29.2 Å². The van der Waals surface area contributed by atoms with E-state index in [0.29, 0.717) is 42.6 Å². The van der Waals surface area contributed by atoms with Crippen LogP contribution in [0.5, 0.6) is 0 Å². The number of methoxy groups -OCH3 is 1. The van der Waals surface area contributed by atoms with Gasteiger partial charge in [0.2, 0.25) is 5.91 Å². The molecule has 0 aliphatic carbocycles. The molecule has 1 aliphatic heterocycles. The highest BCUT2D eigenvalue weighted by Gasteiger charge is 2.22. The lowest BCUT2D eigenvalue weighted by atomic mass is 10.1. The number of H-pyrrole nitrogens is 1. The van der Waals surface area contributed by atoms with Crippen molar-refractivity contribution in [3.63, 3.8) is 0 Å². The number of fused-ring (bicyclic) bond motifs is 1. The summed E-state index contributed by atoms with van der Waals surface area (Å²) >= 11 is 5.34. The monoisotopic (exact) mass is 453 g/mol. The van der Waals surface area contributed by atoms with Gasteiger partial charge in [0.25, 0.3) is 5.56 Å². The van der Waals surface area contributed by atoms with Crippen molar-refractivity contribution in [1.29, 1.82) is 0 Å². The molecular formula is C22H23N5O4S. The molecule has 1 fully saturated rings. The van der Waals surface area contributed by atoms with Crippen LogP contribution in [0, 0.1) is 4.77 Å². The maximum atomic E-state index is 12.9. The van der Waals surface area contributed by atoms with Gasteiger partial charge in [-0.2, -0.15) is 0 Å². The molecule has 1 N–H and O–H groups in total. The number of carbonyl (C=O) groups is 2. The first kappa shape index (κ1) is 21.7. The summed E-state index contributed by atoms with van der Waals surface area (Å²) in [7, 11) is 1.29. The van der Waals surface area contributed by atoms with Crippen LogP contribution in [0.3, 0.4) is 0 Å². The van der Waals surface area contributed by atoms with Gasteiger partial charge in [0.05, 0.1) is 23.6 Å². The van der Waals surface area contributed by atoms with Crippen LogP contribution in [0.15, 0.2) is 47.4 Å². The number of aromatic nitrogens is 3. The number of piperazine rings is 1. The van der Waals surface area contributed by atoms with Crippen molar-refractivity contribution >= 4 is 40.8 Å². The van der Waals surface area contributed by atoms with Crippen molar-refractivity contribution in [1.82, 2.24) is 19.4 Å². The quantitative estimate of drug-likeness (QED) is 0.466. The second kappa shape index (κ2) is 9.31. The van der Waals surface area contributed by atoms with Crippen molar-refractivity contribution in [2.75, 3.05) is 38.2 Å². The fourth-order valence-corrected chi connectivity index (χ4v) is 4.08. The van der Waals surface area contributed by atoms with Gasteiger partial charge >= 0.3 is 5.97 Å². The van der Waals surface area contributed by atoms with E-state index >= 15 is 0 Å². The Morgan fingerprint density at radius 2 is 1.94 bits per heavy atom. The van der Waals surface area contributed by atoms with Gasteiger partial charge in [0.15, 0.2) is 4.77 Å². The topological polar surface area (TPSA) is 101 Å². The lowest BCUT2D eigenvalue weighted by molar-refractivity contribution is -0.131. The zero-order chi connectivity index (χ0) is 22.7. The molecule has 1 saturated heterocycles. The van der Waals surface area contributed by atoms with E-state index in [0.717, 1.165) is 5.82 Å². The van der Waals surface area contributed by atoms with Gasteiger partial charge in [0.1, 0.15) is 5.82 Å². The van der Waals surface area contributed by atoms with Gasteiger partial charge in [-0.05, 0) is 42.5 Å². The lowest BCUT2D eigenvalue weighted by Crippen LogP contribution is -2.49. The Labute approximate surface area is 189 Å². The third kappa shape index (κ3) is 4.40. The van der Waals surface area contributed by atoms with Gasteiger partial charge < -0.3 is 19.5 Å². The molecule has 9 nitrogen and oxygen atoms in total. The van der Waals surface area contributed by atoms with Crippen LogP contribution in [0.1, 0.15) is 16.8 Å². The molecule has 2 aromatic heterocycles. The number of esters is 1. The number of aromatic amines is 1. The molecule has 0 spiro atoms. The number of benzene rings is 1. The first-order valence-corrected chi connectivity index (χ1v) is 10.7. The Kier molecular flexibility index (Phi) is 6.31. The van der Waals surface area contributed by atoms with Crippen LogP contribution in [-0.2, 0) is 16.1 Å². The fraction of sp³-hybridized carbons (Fsp3) is 0.318. The van der Waals surface area contributed by atoms with Crippen molar-refractivity contribution in [2.45, 2.75) is 13.0 Å². The summed E-state index contributed by atoms with van der Waals surface area (Å²) < 4.78 is 6.31. The van der Waals surface area contributed by atoms with Gasteiger partial charge in [0, 0.05) is 45.3 Å². The molecular weight excluding hydrogens is 430 g/mol. The number of carbonyl (C=O) groups excluding carboxylic acids is 2. The Hall–Kier alpha value is -3.53. The van der Waals surface area contributed by atoms with Crippen LogP contribution in [0.2, 0.25) is 0 Å². The number of nitrogens with zero attached hydrogens (tertiary/aromatic N) is 4. The number of rotatable bonds is 5. The molecule has 1 aliphatic rings. The predicted molar refractivity (Wildman–Crippen MR) is 122 cm³/mol. The number of hydrogen-bond donors (Lipinski definition) is 1.